The molecule has 0 aliphatic carbocycles. The first kappa shape index (κ1) is 16.1. The van der Waals surface area contributed by atoms with Crippen molar-refractivity contribution in [1.82, 2.24) is 0 Å². The van der Waals surface area contributed by atoms with E-state index in [1.54, 1.807) is 0 Å². The lowest BCUT2D eigenvalue weighted by Gasteiger charge is -1.91. The lowest BCUT2D eigenvalue weighted by molar-refractivity contribution is -0.778. The molecule has 0 rings (SSSR count). The third-order valence-electron chi connectivity index (χ3n) is 0.516. The Bertz CT molecular complexity index is 77.0. The van der Waals surface area contributed by atoms with Crippen LogP contribution in [-0.4, -0.2) is 39.1 Å². The van der Waals surface area contributed by atoms with Gasteiger partial charge in [-0.15, -0.1) is 12.4 Å². The molecule has 0 heterocycles. The molecule has 0 unspecified atom stereocenters. The number of quaternary nitrogens is 1. The molecule has 4 heteroatoms. The van der Waals surface area contributed by atoms with Gasteiger partial charge in [0.15, 0.2) is 0 Å². The molecule has 1 N–H and O–H groups in total. The Morgan fingerprint density at radius 1 is 1.22 bits per heavy atom. The van der Waals surface area contributed by atoms with Gasteiger partial charge in [-0.2, -0.15) is 4.58 Å². The Labute approximate surface area is 69.4 Å². The summed E-state index contributed by atoms with van der Waals surface area (Å²) in [6.45, 7) is 0. The molecule has 0 amide bonds. The molecule has 0 bridgehead atoms. The van der Waals surface area contributed by atoms with E-state index in [9.17, 15) is 0 Å². The SMILES string of the molecule is C[N+](C)=C[NH+](C)C.Cl.[Cl-]. The number of nitrogens with zero attached hydrogens (tertiary/aromatic N) is 1. The highest BCUT2D eigenvalue weighted by atomic mass is 35.5. The fourth-order valence-corrected chi connectivity index (χ4v) is 0.516. The molecule has 0 saturated carbocycles. The zero-order valence-corrected chi connectivity index (χ0v) is 7.88. The van der Waals surface area contributed by atoms with Gasteiger partial charge in [-0.3, -0.25) is 4.90 Å². The van der Waals surface area contributed by atoms with Crippen LogP contribution in [0.1, 0.15) is 0 Å². The summed E-state index contributed by atoms with van der Waals surface area (Å²) in [4.78, 5) is 1.34. The lowest BCUT2D eigenvalue weighted by atomic mass is 10.9. The Hall–Kier alpha value is 0.210. The van der Waals surface area contributed by atoms with Crippen molar-refractivity contribution in [2.45, 2.75) is 0 Å². The summed E-state index contributed by atoms with van der Waals surface area (Å²) in [7, 11) is 8.21. The molecule has 0 radical (unpaired) electrons. The average Bonchev–Trinajstić information content (AvgIpc) is 1.27. The van der Waals surface area contributed by atoms with E-state index in [1.807, 2.05) is 18.7 Å². The van der Waals surface area contributed by atoms with Gasteiger partial charge in [-0.1, -0.05) is 0 Å². The standard InChI is InChI=1S/C5H13N2.2ClH/c1-6(2)5-7(3)4;;/h5H,1-4H3;2*1H/q+1;;. The molecule has 0 aliphatic heterocycles. The molecule has 0 aromatic rings. The van der Waals surface area contributed by atoms with Crippen LogP contribution >= 0.6 is 12.4 Å². The van der Waals surface area contributed by atoms with E-state index < -0.39 is 0 Å². The van der Waals surface area contributed by atoms with E-state index in [4.69, 9.17) is 0 Å². The minimum absolute atomic E-state index is 0. The van der Waals surface area contributed by atoms with Gasteiger partial charge in [0, 0.05) is 0 Å². The number of hydrogen-bond acceptors (Lipinski definition) is 0. The average molecular weight is 174 g/mol. The van der Waals surface area contributed by atoms with E-state index in [1.165, 1.54) is 4.90 Å². The number of nitrogens with one attached hydrogen (secondary N) is 1. The van der Waals surface area contributed by atoms with Crippen LogP contribution in [0.4, 0.5) is 0 Å². The van der Waals surface area contributed by atoms with E-state index in [0.29, 0.717) is 0 Å². The molecule has 0 fully saturated rings. The van der Waals surface area contributed by atoms with E-state index >= 15 is 0 Å². The minimum Gasteiger partial charge on any atom is -1.00 e. The fraction of sp³-hybridized carbons (Fsp3) is 0.800. The van der Waals surface area contributed by atoms with Crippen LogP contribution < -0.4 is 17.3 Å². The molecule has 9 heavy (non-hydrogen) atoms. The first-order valence-electron chi connectivity index (χ1n) is 2.44. The lowest BCUT2D eigenvalue weighted by Crippen LogP contribution is -3.05. The van der Waals surface area contributed by atoms with Crippen molar-refractivity contribution in [3.8, 4) is 0 Å². The zero-order chi connectivity index (χ0) is 5.86. The number of halogens is 2. The van der Waals surface area contributed by atoms with E-state index in [0.717, 1.165) is 0 Å². The Morgan fingerprint density at radius 3 is 1.56 bits per heavy atom. The van der Waals surface area contributed by atoms with Crippen molar-refractivity contribution < 1.29 is 21.9 Å². The molecule has 0 aromatic carbocycles. The molecule has 0 aliphatic rings. The maximum absolute atomic E-state index is 2.08. The second-order valence-electron chi connectivity index (χ2n) is 2.17. The Balaban J connectivity index is -0.000000180. The monoisotopic (exact) mass is 173 g/mol. The normalized spacial score (nSPS) is 7.22. The summed E-state index contributed by atoms with van der Waals surface area (Å²) in [5.41, 5.74) is 0. The summed E-state index contributed by atoms with van der Waals surface area (Å²) in [5.74, 6) is 0. The molecular weight excluding hydrogens is 159 g/mol. The summed E-state index contributed by atoms with van der Waals surface area (Å²) >= 11 is 0. The van der Waals surface area contributed by atoms with Gasteiger partial charge in [0.25, 0.3) is 0 Å². The van der Waals surface area contributed by atoms with Crippen molar-refractivity contribution in [3.63, 3.8) is 0 Å². The van der Waals surface area contributed by atoms with E-state index in [2.05, 4.69) is 20.4 Å². The highest BCUT2D eigenvalue weighted by Gasteiger charge is 1.87. The summed E-state index contributed by atoms with van der Waals surface area (Å²) in [5, 5.41) is 0. The highest BCUT2D eigenvalue weighted by Crippen LogP contribution is 1.37. The molecule has 0 spiro atoms. The largest absolute Gasteiger partial charge is 1.00 e. The van der Waals surface area contributed by atoms with Gasteiger partial charge in [0.1, 0.15) is 14.1 Å². The minimum atomic E-state index is 0. The maximum atomic E-state index is 2.08. The molecule has 58 valence electrons. The smallest absolute Gasteiger partial charge is 0.324 e. The second-order valence-corrected chi connectivity index (χ2v) is 2.17. The third-order valence-corrected chi connectivity index (χ3v) is 0.516. The topological polar surface area (TPSA) is 7.45 Å². The molecule has 0 aromatic heterocycles. The van der Waals surface area contributed by atoms with Crippen LogP contribution in [0.25, 0.3) is 0 Å². The van der Waals surface area contributed by atoms with Gasteiger partial charge >= 0.3 is 6.34 Å². The third kappa shape index (κ3) is 17.9. The quantitative estimate of drug-likeness (QED) is 0.234. The van der Waals surface area contributed by atoms with E-state index in [-0.39, 0.29) is 24.8 Å². The van der Waals surface area contributed by atoms with Gasteiger partial charge in [0.05, 0.1) is 14.1 Å². The Kier molecular flexibility index (Phi) is 14.7. The molecular formula is C5H15Cl2N2+. The van der Waals surface area contributed by atoms with Crippen LogP contribution in [0, 0.1) is 0 Å². The van der Waals surface area contributed by atoms with Crippen molar-refractivity contribution in [2.24, 2.45) is 0 Å². The molecule has 2 nitrogen and oxygen atoms in total. The van der Waals surface area contributed by atoms with Gasteiger partial charge < -0.3 is 12.4 Å². The maximum Gasteiger partial charge on any atom is 0.324 e. The van der Waals surface area contributed by atoms with Crippen LogP contribution in [-0.2, 0) is 0 Å². The van der Waals surface area contributed by atoms with Gasteiger partial charge in [-0.25, -0.2) is 0 Å². The van der Waals surface area contributed by atoms with Gasteiger partial charge in [-0.05, 0) is 0 Å². The summed E-state index contributed by atoms with van der Waals surface area (Å²) in [6.07, 6.45) is 2.08. The predicted octanol–water partition coefficient (Wildman–Crippen LogP) is -4.14. The molecule has 0 atom stereocenters. The van der Waals surface area contributed by atoms with Crippen molar-refractivity contribution >= 4 is 18.7 Å². The van der Waals surface area contributed by atoms with Crippen LogP contribution in [0.3, 0.4) is 0 Å². The van der Waals surface area contributed by atoms with Crippen molar-refractivity contribution in [1.29, 1.82) is 0 Å². The number of hydrogen-bond donors (Lipinski definition) is 1. The van der Waals surface area contributed by atoms with Crippen LogP contribution in [0.15, 0.2) is 0 Å². The first-order valence-corrected chi connectivity index (χ1v) is 2.44. The van der Waals surface area contributed by atoms with Crippen LogP contribution in [0.2, 0.25) is 0 Å². The number of rotatable bonds is 1. The fourth-order valence-electron chi connectivity index (χ4n) is 0.516. The summed E-state index contributed by atoms with van der Waals surface area (Å²) in [6, 6.07) is 0. The van der Waals surface area contributed by atoms with Crippen molar-refractivity contribution in [3.05, 3.63) is 0 Å². The summed E-state index contributed by atoms with van der Waals surface area (Å²) < 4.78 is 2.04. The van der Waals surface area contributed by atoms with Gasteiger partial charge in [0.2, 0.25) is 0 Å². The van der Waals surface area contributed by atoms with Crippen molar-refractivity contribution in [2.75, 3.05) is 28.2 Å². The first-order chi connectivity index (χ1) is 3.13. The molecule has 0 saturated heterocycles. The van der Waals surface area contributed by atoms with Crippen LogP contribution in [0.5, 0.6) is 0 Å². The highest BCUT2D eigenvalue weighted by molar-refractivity contribution is 5.85. The zero-order valence-electron chi connectivity index (χ0n) is 6.31. The Morgan fingerprint density at radius 2 is 1.56 bits per heavy atom. The predicted molar refractivity (Wildman–Crippen MR) is 38.2 cm³/mol. The second kappa shape index (κ2) is 8.21.